The van der Waals surface area contributed by atoms with Crippen LogP contribution in [-0.4, -0.2) is 6.26 Å². The van der Waals surface area contributed by atoms with Crippen molar-refractivity contribution in [2.75, 3.05) is 6.26 Å². The third-order valence-electron chi connectivity index (χ3n) is 2.86. The molecule has 0 spiro atoms. The summed E-state index contributed by atoms with van der Waals surface area (Å²) in [6.45, 7) is 0. The van der Waals surface area contributed by atoms with E-state index in [1.807, 2.05) is 11.3 Å². The highest BCUT2D eigenvalue weighted by atomic mass is 79.9. The Hall–Kier alpha value is -0.770. The van der Waals surface area contributed by atoms with Gasteiger partial charge in [-0.25, -0.2) is 0 Å². The van der Waals surface area contributed by atoms with E-state index in [1.165, 1.54) is 29.9 Å². The van der Waals surface area contributed by atoms with Gasteiger partial charge in [-0.1, -0.05) is 30.3 Å². The minimum Gasteiger partial charge on any atom is -0.135 e. The van der Waals surface area contributed by atoms with E-state index < -0.39 is 0 Å². The van der Waals surface area contributed by atoms with Gasteiger partial charge in [0.15, 0.2) is 0 Å². The molecule has 1 aromatic heterocycles. The number of rotatable bonds is 2. The third kappa shape index (κ3) is 2.11. The molecule has 0 N–H and O–H groups in total. The molecule has 0 atom stereocenters. The highest BCUT2D eigenvalue weighted by molar-refractivity contribution is 9.10. The molecular weight excluding hydrogens is 324 g/mol. The highest BCUT2D eigenvalue weighted by Crippen LogP contribution is 2.40. The molecule has 0 unspecified atom stereocenters. The van der Waals surface area contributed by atoms with Gasteiger partial charge >= 0.3 is 0 Å². The van der Waals surface area contributed by atoms with E-state index in [1.54, 1.807) is 11.8 Å². The number of thioether (sulfide) groups is 1. The van der Waals surface area contributed by atoms with Crippen molar-refractivity contribution in [2.24, 2.45) is 0 Å². The van der Waals surface area contributed by atoms with Crippen molar-refractivity contribution in [3.63, 3.8) is 0 Å². The molecule has 0 saturated heterocycles. The lowest BCUT2D eigenvalue weighted by Gasteiger charge is -2.06. The van der Waals surface area contributed by atoms with Crippen LogP contribution in [0.25, 0.3) is 20.5 Å². The van der Waals surface area contributed by atoms with E-state index in [2.05, 4.69) is 70.7 Å². The molecule has 0 bridgehead atoms. The molecule has 0 radical (unpaired) electrons. The summed E-state index contributed by atoms with van der Waals surface area (Å²) in [5.41, 5.74) is 1.32. The molecule has 18 heavy (non-hydrogen) atoms. The maximum absolute atomic E-state index is 3.63. The second-order valence-electron chi connectivity index (χ2n) is 3.97. The molecule has 3 aromatic rings. The Balaban J connectivity index is 2.23. The van der Waals surface area contributed by atoms with Crippen LogP contribution in [0.2, 0.25) is 0 Å². The van der Waals surface area contributed by atoms with Crippen molar-refractivity contribution < 1.29 is 0 Å². The molecule has 3 rings (SSSR count). The quantitative estimate of drug-likeness (QED) is 0.514. The molecule has 0 aliphatic carbocycles. The molecule has 0 aliphatic heterocycles. The summed E-state index contributed by atoms with van der Waals surface area (Å²) < 4.78 is 2.52. The predicted molar refractivity (Wildman–Crippen MR) is 86.7 cm³/mol. The molecule has 0 saturated carbocycles. The Morgan fingerprint density at radius 3 is 2.67 bits per heavy atom. The van der Waals surface area contributed by atoms with Crippen molar-refractivity contribution in [1.82, 2.24) is 0 Å². The van der Waals surface area contributed by atoms with Gasteiger partial charge in [-0.2, -0.15) is 0 Å². The number of fused-ring (bicyclic) bond motifs is 1. The van der Waals surface area contributed by atoms with E-state index in [0.29, 0.717) is 0 Å². The Morgan fingerprint density at radius 2 is 1.89 bits per heavy atom. The van der Waals surface area contributed by atoms with Crippen molar-refractivity contribution >= 4 is 49.1 Å². The lowest BCUT2D eigenvalue weighted by Crippen LogP contribution is -1.79. The Kier molecular flexibility index (Phi) is 3.46. The molecule has 0 aliphatic rings. The number of hydrogen-bond acceptors (Lipinski definition) is 2. The van der Waals surface area contributed by atoms with Gasteiger partial charge in [0, 0.05) is 24.5 Å². The fourth-order valence-electron chi connectivity index (χ4n) is 2.02. The van der Waals surface area contributed by atoms with Gasteiger partial charge in [0.25, 0.3) is 0 Å². The largest absolute Gasteiger partial charge is 0.135 e. The lowest BCUT2D eigenvalue weighted by molar-refractivity contribution is 1.42. The molecule has 3 heteroatoms. The number of benzene rings is 2. The van der Waals surface area contributed by atoms with Gasteiger partial charge < -0.3 is 0 Å². The van der Waals surface area contributed by atoms with E-state index >= 15 is 0 Å². The summed E-state index contributed by atoms with van der Waals surface area (Å²) in [6.07, 6.45) is 2.12. The van der Waals surface area contributed by atoms with E-state index in [9.17, 15) is 0 Å². The summed E-state index contributed by atoms with van der Waals surface area (Å²) in [5, 5.41) is 1.32. The zero-order valence-corrected chi connectivity index (χ0v) is 13.0. The number of thiophene rings is 1. The van der Waals surface area contributed by atoms with Gasteiger partial charge in [-0.3, -0.25) is 0 Å². The maximum atomic E-state index is 3.63. The van der Waals surface area contributed by atoms with Crippen LogP contribution in [0.5, 0.6) is 0 Å². The van der Waals surface area contributed by atoms with Crippen LogP contribution in [0.4, 0.5) is 0 Å². The molecule has 0 fully saturated rings. The standard InChI is InChI=1S/C15H11BrS2/c1-17-15-11(6-4-7-12(15)16)14-9-10-5-2-3-8-13(10)18-14/h2-9H,1H3. The average Bonchev–Trinajstić information content (AvgIpc) is 2.82. The van der Waals surface area contributed by atoms with Crippen LogP contribution in [0.3, 0.4) is 0 Å². The maximum Gasteiger partial charge on any atom is 0.0366 e. The minimum atomic E-state index is 1.17. The summed E-state index contributed by atoms with van der Waals surface area (Å²) in [5.74, 6) is 0. The van der Waals surface area contributed by atoms with Gasteiger partial charge in [0.2, 0.25) is 0 Å². The van der Waals surface area contributed by atoms with Crippen LogP contribution in [0.1, 0.15) is 0 Å². The summed E-state index contributed by atoms with van der Waals surface area (Å²) in [7, 11) is 0. The third-order valence-corrected chi connectivity index (χ3v) is 5.78. The number of hydrogen-bond donors (Lipinski definition) is 0. The van der Waals surface area contributed by atoms with Crippen LogP contribution < -0.4 is 0 Å². The summed E-state index contributed by atoms with van der Waals surface area (Å²) >= 11 is 7.27. The SMILES string of the molecule is CSc1c(Br)cccc1-c1cc2ccccc2s1. The van der Waals surface area contributed by atoms with Crippen LogP contribution in [-0.2, 0) is 0 Å². The van der Waals surface area contributed by atoms with Gasteiger partial charge in [0.1, 0.15) is 0 Å². The summed E-state index contributed by atoms with van der Waals surface area (Å²) in [6, 6.07) is 17.2. The van der Waals surface area contributed by atoms with E-state index in [-0.39, 0.29) is 0 Å². The normalized spacial score (nSPS) is 11.0. The zero-order chi connectivity index (χ0) is 12.5. The van der Waals surface area contributed by atoms with E-state index in [0.717, 1.165) is 0 Å². The fourth-order valence-corrected chi connectivity index (χ4v) is 4.70. The molecular formula is C15H11BrS2. The molecule has 2 aromatic carbocycles. The Morgan fingerprint density at radius 1 is 1.06 bits per heavy atom. The van der Waals surface area contributed by atoms with Gasteiger partial charge in [-0.15, -0.1) is 23.1 Å². The predicted octanol–water partition coefficient (Wildman–Crippen LogP) is 6.05. The lowest BCUT2D eigenvalue weighted by atomic mass is 10.1. The molecule has 90 valence electrons. The Labute approximate surface area is 123 Å². The fraction of sp³-hybridized carbons (Fsp3) is 0.0667. The second-order valence-corrected chi connectivity index (χ2v) is 6.72. The van der Waals surface area contributed by atoms with Crippen molar-refractivity contribution in [2.45, 2.75) is 4.90 Å². The molecule has 1 heterocycles. The average molecular weight is 335 g/mol. The van der Waals surface area contributed by atoms with Crippen LogP contribution >= 0.6 is 39.0 Å². The van der Waals surface area contributed by atoms with E-state index in [4.69, 9.17) is 0 Å². The second kappa shape index (κ2) is 5.08. The molecule has 0 amide bonds. The first-order chi connectivity index (χ1) is 8.79. The first kappa shape index (κ1) is 12.3. The van der Waals surface area contributed by atoms with Crippen LogP contribution in [0, 0.1) is 0 Å². The monoisotopic (exact) mass is 334 g/mol. The highest BCUT2D eigenvalue weighted by Gasteiger charge is 2.10. The topological polar surface area (TPSA) is 0 Å². The van der Waals surface area contributed by atoms with Crippen LogP contribution in [0.15, 0.2) is 57.9 Å². The van der Waals surface area contributed by atoms with Crippen molar-refractivity contribution in [1.29, 1.82) is 0 Å². The first-order valence-electron chi connectivity index (χ1n) is 5.61. The number of halogens is 1. The van der Waals surface area contributed by atoms with Gasteiger partial charge in [-0.05, 0) is 45.8 Å². The zero-order valence-electron chi connectivity index (χ0n) is 9.81. The minimum absolute atomic E-state index is 1.17. The Bertz CT molecular complexity index is 668. The molecule has 0 nitrogen and oxygen atoms in total. The van der Waals surface area contributed by atoms with Gasteiger partial charge in [0.05, 0.1) is 0 Å². The smallest absolute Gasteiger partial charge is 0.0366 e. The van der Waals surface area contributed by atoms with Crippen molar-refractivity contribution in [3.8, 4) is 10.4 Å². The van der Waals surface area contributed by atoms with Crippen molar-refractivity contribution in [3.05, 3.63) is 53.0 Å². The first-order valence-corrected chi connectivity index (χ1v) is 8.44. The summed E-state index contributed by atoms with van der Waals surface area (Å²) in [4.78, 5) is 2.64.